The highest BCUT2D eigenvalue weighted by Crippen LogP contribution is 2.44. The van der Waals surface area contributed by atoms with Crippen molar-refractivity contribution in [1.82, 2.24) is 0 Å². The third kappa shape index (κ3) is 5.35. The van der Waals surface area contributed by atoms with E-state index in [9.17, 15) is 9.59 Å². The molecule has 136 valence electrons. The SMILES string of the molecule is COc1ccc2sc(NC(=O)CCCCC(=O)O)c(OC(C)C)c2c1. The molecule has 0 bridgehead atoms. The van der Waals surface area contributed by atoms with Crippen molar-refractivity contribution in [3.8, 4) is 11.5 Å². The monoisotopic (exact) mass is 365 g/mol. The predicted molar refractivity (Wildman–Crippen MR) is 98.9 cm³/mol. The van der Waals surface area contributed by atoms with Gasteiger partial charge in [0.15, 0.2) is 5.75 Å². The number of amides is 1. The molecule has 0 unspecified atom stereocenters. The Hall–Kier alpha value is -2.28. The Morgan fingerprint density at radius 2 is 1.96 bits per heavy atom. The molecule has 0 aliphatic rings. The number of carboxylic acid groups (broad SMARTS) is 1. The number of thiophene rings is 1. The van der Waals surface area contributed by atoms with Crippen LogP contribution >= 0.6 is 11.3 Å². The minimum Gasteiger partial charge on any atom is -0.497 e. The predicted octanol–water partition coefficient (Wildman–Crippen LogP) is 4.28. The first-order valence-corrected chi connectivity index (χ1v) is 9.01. The van der Waals surface area contributed by atoms with Crippen LogP contribution in [0.1, 0.15) is 39.5 Å². The van der Waals surface area contributed by atoms with Gasteiger partial charge < -0.3 is 19.9 Å². The Morgan fingerprint density at radius 1 is 1.24 bits per heavy atom. The Labute approximate surface area is 150 Å². The number of ether oxygens (including phenoxy) is 2. The second-order valence-electron chi connectivity index (χ2n) is 5.94. The minimum absolute atomic E-state index is 0.0322. The number of hydrogen-bond donors (Lipinski definition) is 2. The molecule has 1 amide bonds. The average molecular weight is 365 g/mol. The number of carbonyl (C=O) groups excluding carboxylic acids is 1. The summed E-state index contributed by atoms with van der Waals surface area (Å²) in [4.78, 5) is 22.7. The molecule has 0 aliphatic heterocycles. The van der Waals surface area contributed by atoms with Gasteiger partial charge in [-0.1, -0.05) is 0 Å². The summed E-state index contributed by atoms with van der Waals surface area (Å²) in [5.74, 6) is 0.391. The summed E-state index contributed by atoms with van der Waals surface area (Å²) in [6.45, 7) is 3.86. The number of methoxy groups -OCH3 is 1. The van der Waals surface area contributed by atoms with Crippen molar-refractivity contribution in [2.45, 2.75) is 45.6 Å². The molecule has 2 rings (SSSR count). The van der Waals surface area contributed by atoms with Crippen LogP contribution in [-0.2, 0) is 9.59 Å². The number of rotatable bonds is 9. The molecule has 1 heterocycles. The van der Waals surface area contributed by atoms with E-state index in [1.165, 1.54) is 11.3 Å². The van der Waals surface area contributed by atoms with Gasteiger partial charge in [0, 0.05) is 22.9 Å². The molecule has 0 atom stereocenters. The Morgan fingerprint density at radius 3 is 2.60 bits per heavy atom. The van der Waals surface area contributed by atoms with E-state index in [-0.39, 0.29) is 24.9 Å². The summed E-state index contributed by atoms with van der Waals surface area (Å²) >= 11 is 1.45. The number of nitrogens with one attached hydrogen (secondary N) is 1. The van der Waals surface area contributed by atoms with Crippen LogP contribution in [0, 0.1) is 0 Å². The Kier molecular flexibility index (Phi) is 6.64. The molecule has 0 aliphatic carbocycles. The third-order valence-electron chi connectivity index (χ3n) is 3.50. The minimum atomic E-state index is -0.841. The van der Waals surface area contributed by atoms with Crippen molar-refractivity contribution in [1.29, 1.82) is 0 Å². The molecule has 1 aromatic carbocycles. The van der Waals surface area contributed by atoms with Crippen LogP contribution in [0.25, 0.3) is 10.1 Å². The molecule has 0 saturated carbocycles. The van der Waals surface area contributed by atoms with Gasteiger partial charge in [0.2, 0.25) is 5.91 Å². The van der Waals surface area contributed by atoms with Crippen LogP contribution < -0.4 is 14.8 Å². The van der Waals surface area contributed by atoms with Crippen LogP contribution in [-0.4, -0.2) is 30.2 Å². The largest absolute Gasteiger partial charge is 0.497 e. The van der Waals surface area contributed by atoms with Crippen molar-refractivity contribution in [2.24, 2.45) is 0 Å². The fourth-order valence-electron chi connectivity index (χ4n) is 2.37. The number of carboxylic acids is 1. The van der Waals surface area contributed by atoms with Crippen LogP contribution in [0.5, 0.6) is 11.5 Å². The van der Waals surface area contributed by atoms with E-state index in [1.54, 1.807) is 7.11 Å². The first-order valence-electron chi connectivity index (χ1n) is 8.19. The molecule has 2 N–H and O–H groups in total. The van der Waals surface area contributed by atoms with Crippen molar-refractivity contribution < 1.29 is 24.2 Å². The highest BCUT2D eigenvalue weighted by molar-refractivity contribution is 7.23. The lowest BCUT2D eigenvalue weighted by molar-refractivity contribution is -0.137. The van der Waals surface area contributed by atoms with E-state index in [1.807, 2.05) is 32.0 Å². The summed E-state index contributed by atoms with van der Waals surface area (Å²) in [7, 11) is 1.61. The maximum Gasteiger partial charge on any atom is 0.303 e. The van der Waals surface area contributed by atoms with Crippen molar-refractivity contribution in [3.63, 3.8) is 0 Å². The average Bonchev–Trinajstić information content (AvgIpc) is 2.87. The summed E-state index contributed by atoms with van der Waals surface area (Å²) < 4.78 is 12.2. The first kappa shape index (κ1) is 19.1. The second-order valence-corrected chi connectivity index (χ2v) is 6.99. The van der Waals surface area contributed by atoms with Gasteiger partial charge in [-0.15, -0.1) is 11.3 Å². The van der Waals surface area contributed by atoms with Crippen molar-refractivity contribution >= 4 is 38.3 Å². The fraction of sp³-hybridized carbons (Fsp3) is 0.444. The molecular weight excluding hydrogens is 342 g/mol. The van der Waals surface area contributed by atoms with Gasteiger partial charge in [-0.3, -0.25) is 9.59 Å². The number of unbranched alkanes of at least 4 members (excludes halogenated alkanes) is 1. The summed E-state index contributed by atoms with van der Waals surface area (Å²) in [6, 6.07) is 5.70. The van der Waals surface area contributed by atoms with Crippen LogP contribution in [0.2, 0.25) is 0 Å². The molecule has 6 nitrogen and oxygen atoms in total. The molecule has 1 aromatic heterocycles. The van der Waals surface area contributed by atoms with Crippen molar-refractivity contribution in [2.75, 3.05) is 12.4 Å². The molecule has 0 radical (unpaired) electrons. The van der Waals surface area contributed by atoms with Gasteiger partial charge in [-0.05, 0) is 44.9 Å². The van der Waals surface area contributed by atoms with E-state index in [0.717, 1.165) is 15.8 Å². The molecule has 0 fully saturated rings. The standard InChI is InChI=1S/C18H23NO5S/c1-11(2)24-17-13-10-12(23-3)8-9-14(13)25-18(17)19-15(20)6-4-5-7-16(21)22/h8-11H,4-7H2,1-3H3,(H,19,20)(H,21,22). The lowest BCUT2D eigenvalue weighted by atomic mass is 10.2. The second kappa shape index (κ2) is 8.71. The highest BCUT2D eigenvalue weighted by Gasteiger charge is 2.17. The highest BCUT2D eigenvalue weighted by atomic mass is 32.1. The lowest BCUT2D eigenvalue weighted by Gasteiger charge is -2.12. The van der Waals surface area contributed by atoms with Crippen LogP contribution in [0.3, 0.4) is 0 Å². The van der Waals surface area contributed by atoms with E-state index in [0.29, 0.717) is 23.6 Å². The van der Waals surface area contributed by atoms with E-state index in [2.05, 4.69) is 5.32 Å². The van der Waals surface area contributed by atoms with E-state index >= 15 is 0 Å². The van der Waals surface area contributed by atoms with Crippen LogP contribution in [0.4, 0.5) is 5.00 Å². The molecule has 7 heteroatoms. The number of aliphatic carboxylic acids is 1. The van der Waals surface area contributed by atoms with E-state index in [4.69, 9.17) is 14.6 Å². The van der Waals surface area contributed by atoms with Gasteiger partial charge in [0.1, 0.15) is 10.8 Å². The molecule has 0 saturated heterocycles. The van der Waals surface area contributed by atoms with Gasteiger partial charge in [-0.2, -0.15) is 0 Å². The Bertz CT molecular complexity index is 753. The zero-order valence-electron chi connectivity index (χ0n) is 14.6. The maximum atomic E-state index is 12.2. The molecule has 25 heavy (non-hydrogen) atoms. The van der Waals surface area contributed by atoms with Crippen LogP contribution in [0.15, 0.2) is 18.2 Å². The zero-order valence-corrected chi connectivity index (χ0v) is 15.4. The fourth-order valence-corrected chi connectivity index (χ4v) is 3.40. The van der Waals surface area contributed by atoms with Gasteiger partial charge in [0.25, 0.3) is 0 Å². The van der Waals surface area contributed by atoms with E-state index < -0.39 is 5.97 Å². The number of fused-ring (bicyclic) bond motifs is 1. The smallest absolute Gasteiger partial charge is 0.303 e. The summed E-state index contributed by atoms with van der Waals surface area (Å²) in [5, 5.41) is 13.1. The maximum absolute atomic E-state index is 12.2. The number of hydrogen-bond acceptors (Lipinski definition) is 5. The Balaban J connectivity index is 2.15. The normalized spacial score (nSPS) is 10.9. The van der Waals surface area contributed by atoms with Crippen molar-refractivity contribution in [3.05, 3.63) is 18.2 Å². The van der Waals surface area contributed by atoms with Gasteiger partial charge in [0.05, 0.1) is 13.2 Å². The first-order chi connectivity index (χ1) is 11.9. The quantitative estimate of drug-likeness (QED) is 0.648. The summed E-state index contributed by atoms with van der Waals surface area (Å²) in [6.07, 6.45) is 1.36. The lowest BCUT2D eigenvalue weighted by Crippen LogP contribution is -2.13. The molecular formula is C18H23NO5S. The topological polar surface area (TPSA) is 84.9 Å². The summed E-state index contributed by atoms with van der Waals surface area (Å²) in [5.41, 5.74) is 0. The van der Waals surface area contributed by atoms with Gasteiger partial charge in [-0.25, -0.2) is 0 Å². The number of carbonyl (C=O) groups is 2. The number of benzene rings is 1. The molecule has 2 aromatic rings. The third-order valence-corrected chi connectivity index (χ3v) is 4.57. The number of anilines is 1. The van der Waals surface area contributed by atoms with Gasteiger partial charge >= 0.3 is 5.97 Å². The molecule has 0 spiro atoms. The zero-order chi connectivity index (χ0) is 18.4.